The van der Waals surface area contributed by atoms with E-state index in [1.54, 1.807) is 32.4 Å². The summed E-state index contributed by atoms with van der Waals surface area (Å²) in [5.74, 6) is -0.0966. The third-order valence-electron chi connectivity index (χ3n) is 5.14. The molecule has 1 aliphatic rings. The zero-order valence-corrected chi connectivity index (χ0v) is 16.9. The van der Waals surface area contributed by atoms with Gasteiger partial charge in [-0.2, -0.15) is 5.10 Å². The van der Waals surface area contributed by atoms with Gasteiger partial charge < -0.3 is 20.1 Å². The van der Waals surface area contributed by atoms with Crippen molar-refractivity contribution in [3.05, 3.63) is 35.2 Å². The van der Waals surface area contributed by atoms with E-state index in [9.17, 15) is 9.50 Å². The number of H-pyrrole nitrogens is 1. The molecule has 0 amide bonds. The van der Waals surface area contributed by atoms with Crippen molar-refractivity contribution in [3.63, 3.8) is 0 Å². The van der Waals surface area contributed by atoms with E-state index in [1.807, 2.05) is 4.90 Å². The number of nitrogens with zero attached hydrogens (tertiary/aromatic N) is 4. The predicted molar refractivity (Wildman–Crippen MR) is 109 cm³/mol. The summed E-state index contributed by atoms with van der Waals surface area (Å²) in [6.07, 6.45) is 1.62. The Bertz CT molecular complexity index is 1030. The van der Waals surface area contributed by atoms with Gasteiger partial charge in [0.15, 0.2) is 11.5 Å². The number of hydrogen-bond donors (Lipinski definition) is 3. The van der Waals surface area contributed by atoms with E-state index in [0.29, 0.717) is 42.2 Å². The van der Waals surface area contributed by atoms with Gasteiger partial charge in [0.1, 0.15) is 17.1 Å². The first-order chi connectivity index (χ1) is 13.9. The zero-order valence-electron chi connectivity index (χ0n) is 16.1. The second kappa shape index (κ2) is 7.83. The molecule has 1 fully saturated rings. The SMILES string of the molecule is COCC(C)(O)C1CN(c2nc(-c3[nH]nc4ncccc34)c(F)cc2Cl)CCN1. The van der Waals surface area contributed by atoms with Gasteiger partial charge in [-0.3, -0.25) is 5.10 Å². The van der Waals surface area contributed by atoms with Crippen molar-refractivity contribution in [2.45, 2.75) is 18.6 Å². The second-order valence-electron chi connectivity index (χ2n) is 7.34. The number of hydrogen-bond acceptors (Lipinski definition) is 7. The van der Waals surface area contributed by atoms with E-state index >= 15 is 0 Å². The average molecular weight is 421 g/mol. The smallest absolute Gasteiger partial charge is 0.181 e. The number of fused-ring (bicyclic) bond motifs is 1. The lowest BCUT2D eigenvalue weighted by atomic mass is 9.95. The fourth-order valence-electron chi connectivity index (χ4n) is 3.64. The van der Waals surface area contributed by atoms with E-state index in [0.717, 1.165) is 0 Å². The highest BCUT2D eigenvalue weighted by Crippen LogP contribution is 2.33. The van der Waals surface area contributed by atoms with Crippen LogP contribution in [-0.2, 0) is 4.74 Å². The lowest BCUT2D eigenvalue weighted by molar-refractivity contribution is -0.0442. The lowest BCUT2D eigenvalue weighted by Crippen LogP contribution is -2.62. The van der Waals surface area contributed by atoms with Gasteiger partial charge in [-0.25, -0.2) is 14.4 Å². The number of aliphatic hydroxyl groups is 1. The number of methoxy groups -OCH3 is 1. The maximum absolute atomic E-state index is 14.8. The van der Waals surface area contributed by atoms with E-state index < -0.39 is 11.4 Å². The van der Waals surface area contributed by atoms with E-state index in [-0.39, 0.29) is 23.4 Å². The Kier molecular flexibility index (Phi) is 5.39. The molecule has 2 atom stereocenters. The molecule has 0 bridgehead atoms. The first-order valence-electron chi connectivity index (χ1n) is 9.26. The van der Waals surface area contributed by atoms with Crippen molar-refractivity contribution in [2.75, 3.05) is 38.3 Å². The van der Waals surface area contributed by atoms with Crippen LogP contribution in [0.4, 0.5) is 10.2 Å². The molecular formula is C19H22ClFN6O2. The summed E-state index contributed by atoms with van der Waals surface area (Å²) >= 11 is 6.35. The fourth-order valence-corrected chi connectivity index (χ4v) is 3.89. The van der Waals surface area contributed by atoms with Crippen LogP contribution in [-0.4, -0.2) is 70.3 Å². The summed E-state index contributed by atoms with van der Waals surface area (Å²) in [6, 6.07) is 4.56. The molecule has 1 saturated heterocycles. The van der Waals surface area contributed by atoms with Crippen LogP contribution in [0.1, 0.15) is 6.92 Å². The quantitative estimate of drug-likeness (QED) is 0.580. The van der Waals surface area contributed by atoms with Crippen LogP contribution in [0.2, 0.25) is 5.02 Å². The monoisotopic (exact) mass is 420 g/mol. The van der Waals surface area contributed by atoms with Crippen LogP contribution in [0, 0.1) is 5.82 Å². The predicted octanol–water partition coefficient (Wildman–Crippen LogP) is 1.99. The third-order valence-corrected chi connectivity index (χ3v) is 5.42. The van der Waals surface area contributed by atoms with E-state index in [1.165, 1.54) is 6.07 Å². The summed E-state index contributed by atoms with van der Waals surface area (Å²) in [4.78, 5) is 10.6. The molecular weight excluding hydrogens is 399 g/mol. The molecule has 0 aromatic carbocycles. The molecule has 0 saturated carbocycles. The van der Waals surface area contributed by atoms with Gasteiger partial charge in [0.2, 0.25) is 0 Å². The zero-order chi connectivity index (χ0) is 20.6. The molecule has 3 aromatic rings. The summed E-state index contributed by atoms with van der Waals surface area (Å²) in [5.41, 5.74) is -0.0214. The second-order valence-corrected chi connectivity index (χ2v) is 7.75. The summed E-state index contributed by atoms with van der Waals surface area (Å²) < 4.78 is 19.9. The lowest BCUT2D eigenvalue weighted by Gasteiger charge is -2.41. The van der Waals surface area contributed by atoms with Crippen molar-refractivity contribution in [3.8, 4) is 11.4 Å². The van der Waals surface area contributed by atoms with Gasteiger partial charge in [-0.1, -0.05) is 11.6 Å². The van der Waals surface area contributed by atoms with Crippen LogP contribution in [0.15, 0.2) is 24.4 Å². The Hall–Kier alpha value is -2.33. The van der Waals surface area contributed by atoms with Crippen LogP contribution < -0.4 is 10.2 Å². The first-order valence-corrected chi connectivity index (χ1v) is 9.63. The van der Waals surface area contributed by atoms with Crippen molar-refractivity contribution in [2.24, 2.45) is 0 Å². The van der Waals surface area contributed by atoms with Crippen molar-refractivity contribution >= 4 is 28.5 Å². The fraction of sp³-hybridized carbons (Fsp3) is 0.421. The number of ether oxygens (including phenoxy) is 1. The highest BCUT2D eigenvalue weighted by Gasteiger charge is 2.36. The molecule has 29 heavy (non-hydrogen) atoms. The maximum atomic E-state index is 14.8. The van der Waals surface area contributed by atoms with Crippen LogP contribution in [0.25, 0.3) is 22.4 Å². The van der Waals surface area contributed by atoms with Gasteiger partial charge in [0.05, 0.1) is 23.4 Å². The minimum absolute atomic E-state index is 0.124. The van der Waals surface area contributed by atoms with E-state index in [4.69, 9.17) is 16.3 Å². The first kappa shape index (κ1) is 20.0. The Morgan fingerprint density at radius 3 is 3.10 bits per heavy atom. The number of piperazine rings is 1. The Morgan fingerprint density at radius 2 is 2.31 bits per heavy atom. The number of aromatic amines is 1. The molecule has 0 radical (unpaired) electrons. The molecule has 3 aromatic heterocycles. The number of rotatable bonds is 5. The average Bonchev–Trinajstić information content (AvgIpc) is 3.12. The molecule has 0 aliphatic carbocycles. The highest BCUT2D eigenvalue weighted by molar-refractivity contribution is 6.33. The Labute approximate surface area is 172 Å². The molecule has 10 heteroatoms. The van der Waals surface area contributed by atoms with Crippen LogP contribution in [0.5, 0.6) is 0 Å². The standard InChI is InChI=1S/C19H22ClFN6O2/c1-19(28,10-29-2)14-9-27(7-6-22-14)18-12(20)8-13(21)16(24-18)15-11-4-3-5-23-17(11)26-25-15/h3-5,8,14,22,28H,6-7,9-10H2,1-2H3,(H,23,25,26). The summed E-state index contributed by atoms with van der Waals surface area (Å²) in [7, 11) is 1.54. The largest absolute Gasteiger partial charge is 0.386 e. The number of anilines is 1. The molecule has 4 heterocycles. The molecule has 2 unspecified atom stereocenters. The normalized spacial score (nSPS) is 19.5. The molecule has 154 valence electrons. The number of aromatic nitrogens is 4. The van der Waals surface area contributed by atoms with Crippen molar-refractivity contribution in [1.29, 1.82) is 0 Å². The van der Waals surface area contributed by atoms with Crippen molar-refractivity contribution in [1.82, 2.24) is 25.5 Å². The molecule has 3 N–H and O–H groups in total. The highest BCUT2D eigenvalue weighted by atomic mass is 35.5. The number of pyridine rings is 2. The van der Waals surface area contributed by atoms with Gasteiger partial charge in [0, 0.05) is 38.3 Å². The molecule has 8 nitrogen and oxygen atoms in total. The van der Waals surface area contributed by atoms with Gasteiger partial charge in [0.25, 0.3) is 0 Å². The Balaban J connectivity index is 1.71. The Morgan fingerprint density at radius 1 is 1.48 bits per heavy atom. The third kappa shape index (κ3) is 3.78. The molecule has 4 rings (SSSR count). The maximum Gasteiger partial charge on any atom is 0.181 e. The molecule has 0 spiro atoms. The van der Waals surface area contributed by atoms with Crippen LogP contribution >= 0.6 is 11.6 Å². The summed E-state index contributed by atoms with van der Waals surface area (Å²) in [6.45, 7) is 3.57. The van der Waals surface area contributed by atoms with Gasteiger partial charge in [-0.15, -0.1) is 0 Å². The topological polar surface area (TPSA) is 99.2 Å². The molecule has 1 aliphatic heterocycles. The van der Waals surface area contributed by atoms with Gasteiger partial charge >= 0.3 is 0 Å². The van der Waals surface area contributed by atoms with Gasteiger partial charge in [-0.05, 0) is 25.1 Å². The van der Waals surface area contributed by atoms with E-state index in [2.05, 4.69) is 25.5 Å². The number of nitrogens with one attached hydrogen (secondary N) is 2. The number of halogens is 2. The van der Waals surface area contributed by atoms with Crippen molar-refractivity contribution < 1.29 is 14.2 Å². The minimum atomic E-state index is -1.08. The van der Waals surface area contributed by atoms with Crippen LogP contribution in [0.3, 0.4) is 0 Å². The summed E-state index contributed by atoms with van der Waals surface area (Å²) in [5, 5.41) is 21.8. The minimum Gasteiger partial charge on any atom is -0.386 e.